The van der Waals surface area contributed by atoms with Crippen molar-refractivity contribution >= 4 is 10.8 Å². The molecular formula is C13H15NOS. The van der Waals surface area contributed by atoms with Crippen molar-refractivity contribution in [1.82, 2.24) is 4.98 Å². The SMILES string of the molecule is CS(=O)Cc1cncc(C2C=CC=CC2)c1. The molecule has 0 fully saturated rings. The number of allylic oxidation sites excluding steroid dienone is 4. The van der Waals surface area contributed by atoms with E-state index in [1.54, 1.807) is 12.5 Å². The standard InChI is InChI=1S/C13H15NOS/c1-16(15)10-11-7-13(9-14-8-11)12-5-3-2-4-6-12/h2-5,7-9,12H,6,10H2,1H3. The number of nitrogens with zero attached hydrogens (tertiary/aromatic N) is 1. The van der Waals surface area contributed by atoms with Crippen molar-refractivity contribution < 1.29 is 4.21 Å². The molecule has 2 unspecified atom stereocenters. The Morgan fingerprint density at radius 1 is 1.44 bits per heavy atom. The van der Waals surface area contributed by atoms with E-state index in [0.717, 1.165) is 12.0 Å². The minimum atomic E-state index is -0.802. The van der Waals surface area contributed by atoms with E-state index in [1.165, 1.54) is 5.56 Å². The quantitative estimate of drug-likeness (QED) is 0.803. The molecule has 16 heavy (non-hydrogen) atoms. The van der Waals surface area contributed by atoms with Crippen molar-refractivity contribution in [1.29, 1.82) is 0 Å². The second-order valence-electron chi connectivity index (χ2n) is 4.00. The van der Waals surface area contributed by atoms with E-state index in [2.05, 4.69) is 35.4 Å². The summed E-state index contributed by atoms with van der Waals surface area (Å²) in [7, 11) is -0.802. The van der Waals surface area contributed by atoms with Crippen LogP contribution in [-0.4, -0.2) is 15.4 Å². The predicted octanol–water partition coefficient (Wildman–Crippen LogP) is 2.56. The van der Waals surface area contributed by atoms with Crippen molar-refractivity contribution in [2.24, 2.45) is 0 Å². The first kappa shape index (κ1) is 11.3. The molecule has 0 N–H and O–H groups in total. The Kier molecular flexibility index (Phi) is 3.67. The second-order valence-corrected chi connectivity index (χ2v) is 5.43. The second kappa shape index (κ2) is 5.21. The number of pyridine rings is 1. The van der Waals surface area contributed by atoms with Crippen LogP contribution in [0, 0.1) is 0 Å². The molecule has 1 aliphatic carbocycles. The average molecular weight is 233 g/mol. The zero-order chi connectivity index (χ0) is 11.4. The van der Waals surface area contributed by atoms with Crippen LogP contribution in [0.3, 0.4) is 0 Å². The summed E-state index contributed by atoms with van der Waals surface area (Å²) in [4.78, 5) is 4.22. The van der Waals surface area contributed by atoms with E-state index in [1.807, 2.05) is 6.20 Å². The third kappa shape index (κ3) is 2.89. The zero-order valence-corrected chi connectivity index (χ0v) is 10.1. The number of hydrogen-bond acceptors (Lipinski definition) is 2. The van der Waals surface area contributed by atoms with Crippen molar-refractivity contribution in [2.45, 2.75) is 18.1 Å². The van der Waals surface area contributed by atoms with Gasteiger partial charge in [0.1, 0.15) is 0 Å². The topological polar surface area (TPSA) is 30.0 Å². The van der Waals surface area contributed by atoms with Crippen LogP contribution in [0.4, 0.5) is 0 Å². The average Bonchev–Trinajstić information content (AvgIpc) is 2.30. The van der Waals surface area contributed by atoms with Gasteiger partial charge in [-0.2, -0.15) is 0 Å². The maximum absolute atomic E-state index is 11.2. The fourth-order valence-corrected chi connectivity index (χ4v) is 2.48. The van der Waals surface area contributed by atoms with Crippen LogP contribution in [0.2, 0.25) is 0 Å². The molecule has 0 saturated heterocycles. The molecule has 0 aliphatic heterocycles. The summed E-state index contributed by atoms with van der Waals surface area (Å²) >= 11 is 0. The molecule has 2 nitrogen and oxygen atoms in total. The van der Waals surface area contributed by atoms with E-state index in [0.29, 0.717) is 11.7 Å². The molecule has 2 rings (SSSR count). The Morgan fingerprint density at radius 3 is 3.00 bits per heavy atom. The maximum atomic E-state index is 11.2. The summed E-state index contributed by atoms with van der Waals surface area (Å²) in [5, 5.41) is 0. The van der Waals surface area contributed by atoms with Gasteiger partial charge in [-0.3, -0.25) is 9.19 Å². The molecule has 0 aromatic carbocycles. The lowest BCUT2D eigenvalue weighted by molar-refractivity contribution is 0.686. The first-order valence-corrected chi connectivity index (χ1v) is 7.05. The molecule has 0 radical (unpaired) electrons. The third-order valence-electron chi connectivity index (χ3n) is 2.59. The van der Waals surface area contributed by atoms with Crippen LogP contribution in [0.1, 0.15) is 23.5 Å². The minimum Gasteiger partial charge on any atom is -0.264 e. The van der Waals surface area contributed by atoms with Gasteiger partial charge in [-0.1, -0.05) is 30.4 Å². The van der Waals surface area contributed by atoms with Crippen LogP contribution >= 0.6 is 0 Å². The molecule has 3 heteroatoms. The van der Waals surface area contributed by atoms with Crippen molar-refractivity contribution in [3.8, 4) is 0 Å². The summed E-state index contributed by atoms with van der Waals surface area (Å²) < 4.78 is 11.2. The van der Waals surface area contributed by atoms with Crippen LogP contribution in [0.25, 0.3) is 0 Å². The maximum Gasteiger partial charge on any atom is 0.0498 e. The van der Waals surface area contributed by atoms with Gasteiger partial charge in [-0.15, -0.1) is 0 Å². The Morgan fingerprint density at radius 2 is 2.31 bits per heavy atom. The third-order valence-corrected chi connectivity index (χ3v) is 3.33. The zero-order valence-electron chi connectivity index (χ0n) is 9.30. The normalized spacial score (nSPS) is 20.9. The first-order valence-electron chi connectivity index (χ1n) is 5.33. The molecule has 1 aliphatic rings. The fraction of sp³-hybridized carbons (Fsp3) is 0.308. The molecular weight excluding hydrogens is 218 g/mol. The van der Waals surface area contributed by atoms with Crippen LogP contribution in [0.5, 0.6) is 0 Å². The molecule has 2 atom stereocenters. The number of rotatable bonds is 3. The molecule has 0 amide bonds. The summed E-state index contributed by atoms with van der Waals surface area (Å²) in [6.07, 6.45) is 14.9. The van der Waals surface area contributed by atoms with Crippen molar-refractivity contribution in [3.05, 3.63) is 53.9 Å². The van der Waals surface area contributed by atoms with E-state index in [9.17, 15) is 4.21 Å². The Hall–Kier alpha value is -1.22. The van der Waals surface area contributed by atoms with Gasteiger partial charge >= 0.3 is 0 Å². The lowest BCUT2D eigenvalue weighted by Crippen LogP contribution is -2.00. The molecule has 0 spiro atoms. The molecule has 0 saturated carbocycles. The Labute approximate surface area is 98.6 Å². The number of hydrogen-bond donors (Lipinski definition) is 0. The highest BCUT2D eigenvalue weighted by atomic mass is 32.2. The van der Waals surface area contributed by atoms with Crippen LogP contribution in [-0.2, 0) is 16.6 Å². The van der Waals surface area contributed by atoms with Gasteiger partial charge in [-0.25, -0.2) is 0 Å². The van der Waals surface area contributed by atoms with Crippen LogP contribution < -0.4 is 0 Å². The number of aromatic nitrogens is 1. The molecule has 1 aromatic heterocycles. The van der Waals surface area contributed by atoms with Gasteiger partial charge in [-0.05, 0) is 17.5 Å². The summed E-state index contributed by atoms with van der Waals surface area (Å²) in [6.45, 7) is 0. The smallest absolute Gasteiger partial charge is 0.0498 e. The van der Waals surface area contributed by atoms with Crippen molar-refractivity contribution in [3.63, 3.8) is 0 Å². The van der Waals surface area contributed by atoms with Gasteiger partial charge in [0.2, 0.25) is 0 Å². The molecule has 1 aromatic rings. The lowest BCUT2D eigenvalue weighted by atomic mass is 9.93. The highest BCUT2D eigenvalue weighted by Gasteiger charge is 2.09. The van der Waals surface area contributed by atoms with Gasteiger partial charge in [0, 0.05) is 41.1 Å². The van der Waals surface area contributed by atoms with E-state index < -0.39 is 10.8 Å². The summed E-state index contributed by atoms with van der Waals surface area (Å²) in [5.74, 6) is 1.01. The Bertz CT molecular complexity index is 451. The van der Waals surface area contributed by atoms with E-state index in [4.69, 9.17) is 0 Å². The Balaban J connectivity index is 2.18. The lowest BCUT2D eigenvalue weighted by Gasteiger charge is -2.13. The molecule has 84 valence electrons. The largest absolute Gasteiger partial charge is 0.264 e. The first-order chi connectivity index (χ1) is 7.75. The molecule has 0 bridgehead atoms. The van der Waals surface area contributed by atoms with Gasteiger partial charge in [0.05, 0.1) is 0 Å². The van der Waals surface area contributed by atoms with Gasteiger partial charge in [0.15, 0.2) is 0 Å². The summed E-state index contributed by atoms with van der Waals surface area (Å²) in [5.41, 5.74) is 2.27. The highest BCUT2D eigenvalue weighted by molar-refractivity contribution is 7.83. The predicted molar refractivity (Wildman–Crippen MR) is 67.6 cm³/mol. The fourth-order valence-electron chi connectivity index (χ4n) is 1.85. The van der Waals surface area contributed by atoms with Crippen LogP contribution in [0.15, 0.2) is 42.8 Å². The monoisotopic (exact) mass is 233 g/mol. The van der Waals surface area contributed by atoms with Crippen molar-refractivity contribution in [2.75, 3.05) is 6.26 Å². The van der Waals surface area contributed by atoms with Gasteiger partial charge in [0.25, 0.3) is 0 Å². The minimum absolute atomic E-state index is 0.419. The highest BCUT2D eigenvalue weighted by Crippen LogP contribution is 2.24. The van der Waals surface area contributed by atoms with E-state index >= 15 is 0 Å². The van der Waals surface area contributed by atoms with E-state index in [-0.39, 0.29) is 0 Å². The molecule has 1 heterocycles. The summed E-state index contributed by atoms with van der Waals surface area (Å²) in [6, 6.07) is 2.11. The van der Waals surface area contributed by atoms with Gasteiger partial charge < -0.3 is 0 Å².